The zero-order chi connectivity index (χ0) is 13.9. The van der Waals surface area contributed by atoms with Gasteiger partial charge in [-0.05, 0) is 12.1 Å². The van der Waals surface area contributed by atoms with E-state index in [2.05, 4.69) is 4.90 Å². The quantitative estimate of drug-likeness (QED) is 0.788. The Bertz CT molecular complexity index is 528. The Kier molecular flexibility index (Phi) is 4.54. The summed E-state index contributed by atoms with van der Waals surface area (Å²) in [6.45, 7) is 2.24. The first-order valence-corrected chi connectivity index (χ1v) is 8.14. The highest BCUT2D eigenvalue weighted by Gasteiger charge is 2.26. The smallest absolute Gasteiger partial charge is 0.228 e. The normalized spacial score (nSPS) is 17.5. The third-order valence-electron chi connectivity index (χ3n) is 3.19. The Labute approximate surface area is 118 Å². The van der Waals surface area contributed by atoms with Crippen LogP contribution in [0.3, 0.4) is 0 Å². The molecule has 1 saturated heterocycles. The van der Waals surface area contributed by atoms with Gasteiger partial charge in [0.15, 0.2) is 0 Å². The van der Waals surface area contributed by atoms with Crippen molar-refractivity contribution in [1.29, 1.82) is 0 Å². The second-order valence-electron chi connectivity index (χ2n) is 4.31. The SMILES string of the molecule is COc1cccc(N2CCN(S(=O)(=O)CCl)CC2)c1. The number of piperazine rings is 1. The van der Waals surface area contributed by atoms with Crippen molar-refractivity contribution >= 4 is 27.3 Å². The van der Waals surface area contributed by atoms with Crippen molar-refractivity contribution < 1.29 is 13.2 Å². The molecule has 0 saturated carbocycles. The molecule has 2 rings (SSSR count). The lowest BCUT2D eigenvalue weighted by molar-refractivity contribution is 0.386. The maximum atomic E-state index is 11.7. The lowest BCUT2D eigenvalue weighted by Crippen LogP contribution is -2.49. The van der Waals surface area contributed by atoms with Crippen molar-refractivity contribution in [1.82, 2.24) is 4.31 Å². The molecule has 1 aliphatic rings. The van der Waals surface area contributed by atoms with Gasteiger partial charge in [0.05, 0.1) is 7.11 Å². The molecule has 0 radical (unpaired) electrons. The summed E-state index contributed by atoms with van der Waals surface area (Å²) in [7, 11) is -1.66. The van der Waals surface area contributed by atoms with Gasteiger partial charge in [0.1, 0.15) is 11.0 Å². The van der Waals surface area contributed by atoms with E-state index in [9.17, 15) is 8.42 Å². The minimum absolute atomic E-state index is 0.355. The van der Waals surface area contributed by atoms with E-state index < -0.39 is 10.0 Å². The third-order valence-corrected chi connectivity index (χ3v) is 5.44. The van der Waals surface area contributed by atoms with Gasteiger partial charge in [-0.3, -0.25) is 0 Å². The predicted molar refractivity (Wildman–Crippen MR) is 76.4 cm³/mol. The van der Waals surface area contributed by atoms with E-state index >= 15 is 0 Å². The fourth-order valence-electron chi connectivity index (χ4n) is 2.10. The summed E-state index contributed by atoms with van der Waals surface area (Å²) in [6.07, 6.45) is 0. The minimum Gasteiger partial charge on any atom is -0.497 e. The zero-order valence-corrected chi connectivity index (χ0v) is 12.3. The molecule has 19 heavy (non-hydrogen) atoms. The van der Waals surface area contributed by atoms with E-state index in [0.717, 1.165) is 11.4 Å². The second kappa shape index (κ2) is 5.98. The average Bonchev–Trinajstić information content (AvgIpc) is 2.47. The monoisotopic (exact) mass is 304 g/mol. The molecule has 0 aromatic heterocycles. The molecular formula is C12H17ClN2O3S. The third kappa shape index (κ3) is 3.32. The Hall–Kier alpha value is -0.980. The number of halogens is 1. The molecule has 1 heterocycles. The van der Waals surface area contributed by atoms with Crippen LogP contribution in [0.1, 0.15) is 0 Å². The van der Waals surface area contributed by atoms with Crippen LogP contribution in [0.4, 0.5) is 5.69 Å². The van der Waals surface area contributed by atoms with Crippen LogP contribution in [0.25, 0.3) is 0 Å². The van der Waals surface area contributed by atoms with Crippen molar-refractivity contribution in [2.75, 3.05) is 43.4 Å². The van der Waals surface area contributed by atoms with E-state index in [1.807, 2.05) is 24.3 Å². The summed E-state index contributed by atoms with van der Waals surface area (Å²) in [4.78, 5) is 2.14. The van der Waals surface area contributed by atoms with Crippen LogP contribution in [-0.4, -0.2) is 51.2 Å². The van der Waals surface area contributed by atoms with Gasteiger partial charge in [0, 0.05) is 37.9 Å². The molecule has 5 nitrogen and oxygen atoms in total. The Morgan fingerprint density at radius 1 is 1.26 bits per heavy atom. The number of rotatable bonds is 4. The second-order valence-corrected chi connectivity index (χ2v) is 6.86. The molecule has 7 heteroatoms. The highest BCUT2D eigenvalue weighted by atomic mass is 35.5. The van der Waals surface area contributed by atoms with Gasteiger partial charge < -0.3 is 9.64 Å². The van der Waals surface area contributed by atoms with Crippen molar-refractivity contribution in [3.63, 3.8) is 0 Å². The number of hydrogen-bond donors (Lipinski definition) is 0. The maximum absolute atomic E-state index is 11.7. The summed E-state index contributed by atoms with van der Waals surface area (Å²) >= 11 is 5.46. The topological polar surface area (TPSA) is 49.9 Å². The number of anilines is 1. The van der Waals surface area contributed by atoms with Gasteiger partial charge in [-0.1, -0.05) is 6.07 Å². The standard InChI is InChI=1S/C12H17ClN2O3S/c1-18-12-4-2-3-11(9-12)14-5-7-15(8-6-14)19(16,17)10-13/h2-4,9H,5-8,10H2,1H3. The van der Waals surface area contributed by atoms with Gasteiger partial charge in [-0.2, -0.15) is 4.31 Å². The highest BCUT2D eigenvalue weighted by Crippen LogP contribution is 2.22. The van der Waals surface area contributed by atoms with Crippen molar-refractivity contribution in [2.45, 2.75) is 0 Å². The first-order chi connectivity index (χ1) is 9.06. The Morgan fingerprint density at radius 3 is 2.53 bits per heavy atom. The van der Waals surface area contributed by atoms with Crippen LogP contribution in [0.15, 0.2) is 24.3 Å². The van der Waals surface area contributed by atoms with Gasteiger partial charge in [0.2, 0.25) is 10.0 Å². The number of alkyl halides is 1. The number of hydrogen-bond acceptors (Lipinski definition) is 4. The molecular weight excluding hydrogens is 288 g/mol. The summed E-state index contributed by atoms with van der Waals surface area (Å²) in [6, 6.07) is 7.76. The van der Waals surface area contributed by atoms with Crippen molar-refractivity contribution in [2.24, 2.45) is 0 Å². The van der Waals surface area contributed by atoms with Gasteiger partial charge in [0.25, 0.3) is 0 Å². The molecule has 0 bridgehead atoms. The Morgan fingerprint density at radius 2 is 1.95 bits per heavy atom. The van der Waals surface area contributed by atoms with Crippen molar-refractivity contribution in [3.8, 4) is 5.75 Å². The van der Waals surface area contributed by atoms with E-state index in [1.54, 1.807) is 7.11 Å². The molecule has 1 fully saturated rings. The fraction of sp³-hybridized carbons (Fsp3) is 0.500. The molecule has 1 aliphatic heterocycles. The van der Waals surface area contributed by atoms with Crippen LogP contribution >= 0.6 is 11.6 Å². The van der Waals surface area contributed by atoms with E-state index in [4.69, 9.17) is 16.3 Å². The zero-order valence-electron chi connectivity index (χ0n) is 10.8. The molecule has 0 atom stereocenters. The first kappa shape index (κ1) is 14.4. The average molecular weight is 305 g/mol. The van der Waals surface area contributed by atoms with Crippen LogP contribution < -0.4 is 9.64 Å². The number of methoxy groups -OCH3 is 1. The molecule has 0 unspecified atom stereocenters. The van der Waals surface area contributed by atoms with E-state index in [1.165, 1.54) is 4.31 Å². The van der Waals surface area contributed by atoms with Crippen LogP contribution in [0.2, 0.25) is 0 Å². The molecule has 0 spiro atoms. The summed E-state index contributed by atoms with van der Waals surface area (Å²) in [5.74, 6) is 0.799. The maximum Gasteiger partial charge on any atom is 0.228 e. The highest BCUT2D eigenvalue weighted by molar-refractivity contribution is 7.90. The molecule has 0 N–H and O–H groups in total. The first-order valence-electron chi connectivity index (χ1n) is 5.99. The summed E-state index contributed by atoms with van der Waals surface area (Å²) < 4.78 is 29.9. The van der Waals surface area contributed by atoms with Gasteiger partial charge in [-0.15, -0.1) is 11.6 Å². The molecule has 106 valence electrons. The number of ether oxygens (including phenoxy) is 1. The predicted octanol–water partition coefficient (Wildman–Crippen LogP) is 1.34. The van der Waals surface area contributed by atoms with E-state index in [-0.39, 0.29) is 5.21 Å². The number of benzene rings is 1. The lowest BCUT2D eigenvalue weighted by atomic mass is 10.2. The van der Waals surface area contributed by atoms with Crippen LogP contribution in [0, 0.1) is 0 Å². The fourth-order valence-corrected chi connectivity index (χ4v) is 3.37. The molecule has 1 aromatic rings. The van der Waals surface area contributed by atoms with Gasteiger partial charge in [-0.25, -0.2) is 8.42 Å². The van der Waals surface area contributed by atoms with Crippen LogP contribution in [-0.2, 0) is 10.0 Å². The largest absolute Gasteiger partial charge is 0.497 e. The lowest BCUT2D eigenvalue weighted by Gasteiger charge is -2.35. The minimum atomic E-state index is -3.29. The molecule has 0 aliphatic carbocycles. The van der Waals surface area contributed by atoms with E-state index in [0.29, 0.717) is 26.2 Å². The van der Waals surface area contributed by atoms with Gasteiger partial charge >= 0.3 is 0 Å². The molecule has 0 amide bonds. The number of sulfonamides is 1. The molecule has 1 aromatic carbocycles. The number of nitrogens with zero attached hydrogens (tertiary/aromatic N) is 2. The van der Waals surface area contributed by atoms with Crippen LogP contribution in [0.5, 0.6) is 5.75 Å². The summed E-state index contributed by atoms with van der Waals surface area (Å²) in [5.41, 5.74) is 1.04. The van der Waals surface area contributed by atoms with Crippen molar-refractivity contribution in [3.05, 3.63) is 24.3 Å². The Balaban J connectivity index is 2.03. The summed E-state index contributed by atoms with van der Waals surface area (Å²) in [5, 5.41) is -0.355.